The number of nitrogens with one attached hydrogen (secondary N) is 1. The van der Waals surface area contributed by atoms with Crippen molar-refractivity contribution in [2.75, 3.05) is 32.8 Å². The maximum atomic E-state index is 12.7. The van der Waals surface area contributed by atoms with E-state index < -0.39 is 0 Å². The van der Waals surface area contributed by atoms with E-state index in [1.165, 1.54) is 16.7 Å². The minimum Gasteiger partial charge on any atom is -0.381 e. The van der Waals surface area contributed by atoms with Crippen molar-refractivity contribution in [3.8, 4) is 0 Å². The fraction of sp³-hybridized carbons (Fsp3) is 0.458. The molecule has 0 unspecified atom stereocenters. The van der Waals surface area contributed by atoms with Crippen LogP contribution in [0.3, 0.4) is 0 Å². The first-order chi connectivity index (χ1) is 13.6. The molecule has 0 bridgehead atoms. The van der Waals surface area contributed by atoms with Crippen molar-refractivity contribution in [1.29, 1.82) is 0 Å². The lowest BCUT2D eigenvalue weighted by molar-refractivity contribution is 0.0489. The molecular weight excluding hydrogens is 348 g/mol. The molecule has 1 N–H and O–H groups in total. The Bertz CT molecular complexity index is 793. The summed E-state index contributed by atoms with van der Waals surface area (Å²) in [6.07, 6.45) is 2.96. The Morgan fingerprint density at radius 2 is 1.86 bits per heavy atom. The average Bonchev–Trinajstić information content (AvgIpc) is 2.70. The largest absolute Gasteiger partial charge is 0.381 e. The zero-order valence-corrected chi connectivity index (χ0v) is 16.7. The number of rotatable bonds is 5. The van der Waals surface area contributed by atoms with E-state index in [1.807, 2.05) is 11.0 Å². The number of nitrogens with zero attached hydrogens (tertiary/aromatic N) is 1. The fourth-order valence-corrected chi connectivity index (χ4v) is 4.52. The summed E-state index contributed by atoms with van der Waals surface area (Å²) < 4.78 is 5.59. The lowest BCUT2D eigenvalue weighted by atomic mass is 9.74. The second-order valence-corrected chi connectivity index (χ2v) is 8.38. The predicted octanol–water partition coefficient (Wildman–Crippen LogP) is 3.93. The monoisotopic (exact) mass is 378 g/mol. The minimum atomic E-state index is -0.0129. The number of amides is 2. The van der Waals surface area contributed by atoms with Crippen LogP contribution >= 0.6 is 0 Å². The Kier molecular flexibility index (Phi) is 5.67. The van der Waals surface area contributed by atoms with Gasteiger partial charge in [0.15, 0.2) is 0 Å². The van der Waals surface area contributed by atoms with Crippen LogP contribution in [0.1, 0.15) is 29.5 Å². The van der Waals surface area contributed by atoms with Crippen LogP contribution in [-0.4, -0.2) is 43.8 Å². The molecule has 28 heavy (non-hydrogen) atoms. The van der Waals surface area contributed by atoms with Crippen molar-refractivity contribution in [3.63, 3.8) is 0 Å². The third kappa shape index (κ3) is 4.22. The van der Waals surface area contributed by atoms with Crippen molar-refractivity contribution in [2.24, 2.45) is 5.92 Å². The van der Waals surface area contributed by atoms with Crippen LogP contribution in [0.25, 0.3) is 0 Å². The maximum Gasteiger partial charge on any atom is 0.317 e. The van der Waals surface area contributed by atoms with E-state index in [2.05, 4.69) is 60.8 Å². The number of carbonyl (C=O) groups is 1. The smallest absolute Gasteiger partial charge is 0.317 e. The van der Waals surface area contributed by atoms with Gasteiger partial charge in [0.05, 0.1) is 0 Å². The van der Waals surface area contributed by atoms with Gasteiger partial charge in [0.2, 0.25) is 0 Å². The summed E-state index contributed by atoms with van der Waals surface area (Å²) in [7, 11) is 0. The molecule has 0 spiro atoms. The zero-order valence-electron chi connectivity index (χ0n) is 16.7. The molecule has 4 rings (SSSR count). The van der Waals surface area contributed by atoms with Crippen LogP contribution in [0.2, 0.25) is 0 Å². The molecule has 2 saturated heterocycles. The van der Waals surface area contributed by atoms with E-state index in [4.69, 9.17) is 4.74 Å². The van der Waals surface area contributed by atoms with Gasteiger partial charge in [-0.3, -0.25) is 0 Å². The molecule has 2 aliphatic heterocycles. The quantitative estimate of drug-likeness (QED) is 0.857. The molecule has 0 aliphatic carbocycles. The Labute approximate surface area is 167 Å². The average molecular weight is 379 g/mol. The zero-order chi connectivity index (χ0) is 19.4. The standard InChI is InChI=1S/C24H30N2O2/c1-19-6-5-7-20(14-19)15-21-16-26(17-21)23(27)25-18-24(10-12-28-13-11-24)22-8-3-2-4-9-22/h2-9,14,21H,10-13,15-18H2,1H3,(H,25,27). The van der Waals surface area contributed by atoms with E-state index in [-0.39, 0.29) is 11.4 Å². The molecule has 148 valence electrons. The van der Waals surface area contributed by atoms with Gasteiger partial charge in [0.25, 0.3) is 0 Å². The van der Waals surface area contributed by atoms with E-state index in [0.717, 1.165) is 45.6 Å². The van der Waals surface area contributed by atoms with E-state index in [0.29, 0.717) is 12.5 Å². The number of ether oxygens (including phenoxy) is 1. The highest BCUT2D eigenvalue weighted by molar-refractivity contribution is 5.75. The van der Waals surface area contributed by atoms with Gasteiger partial charge in [-0.1, -0.05) is 60.2 Å². The Morgan fingerprint density at radius 1 is 1.11 bits per heavy atom. The first-order valence-electron chi connectivity index (χ1n) is 10.4. The second-order valence-electron chi connectivity index (χ2n) is 8.38. The van der Waals surface area contributed by atoms with Gasteiger partial charge < -0.3 is 15.0 Å². The lowest BCUT2D eigenvalue weighted by Gasteiger charge is -2.42. The highest BCUT2D eigenvalue weighted by Gasteiger charge is 2.36. The maximum absolute atomic E-state index is 12.7. The lowest BCUT2D eigenvalue weighted by Crippen LogP contribution is -2.56. The van der Waals surface area contributed by atoms with Crippen molar-refractivity contribution >= 4 is 6.03 Å². The van der Waals surface area contributed by atoms with Crippen LogP contribution in [-0.2, 0) is 16.6 Å². The summed E-state index contributed by atoms with van der Waals surface area (Å²) in [6, 6.07) is 19.3. The Balaban J connectivity index is 1.30. The van der Waals surface area contributed by atoms with Gasteiger partial charge in [0, 0.05) is 38.3 Å². The SMILES string of the molecule is Cc1cccc(CC2CN(C(=O)NCC3(c4ccccc4)CCOCC3)C2)c1. The van der Waals surface area contributed by atoms with Gasteiger partial charge in [-0.05, 0) is 43.2 Å². The van der Waals surface area contributed by atoms with Gasteiger partial charge >= 0.3 is 6.03 Å². The van der Waals surface area contributed by atoms with E-state index in [1.54, 1.807) is 0 Å². The molecule has 0 saturated carbocycles. The molecule has 2 heterocycles. The van der Waals surface area contributed by atoms with Crippen LogP contribution in [0.15, 0.2) is 54.6 Å². The summed E-state index contributed by atoms with van der Waals surface area (Å²) >= 11 is 0. The summed E-state index contributed by atoms with van der Waals surface area (Å²) in [5.74, 6) is 0.568. The highest BCUT2D eigenvalue weighted by Crippen LogP contribution is 2.34. The minimum absolute atomic E-state index is 0.0129. The molecule has 0 aromatic heterocycles. The molecule has 4 nitrogen and oxygen atoms in total. The van der Waals surface area contributed by atoms with Gasteiger partial charge in [0.1, 0.15) is 0 Å². The number of benzene rings is 2. The first kappa shape index (κ1) is 19.0. The molecule has 0 atom stereocenters. The van der Waals surface area contributed by atoms with Crippen molar-refractivity contribution in [2.45, 2.75) is 31.6 Å². The van der Waals surface area contributed by atoms with Crippen LogP contribution < -0.4 is 5.32 Å². The fourth-order valence-electron chi connectivity index (χ4n) is 4.52. The number of carbonyl (C=O) groups excluding carboxylic acids is 1. The first-order valence-corrected chi connectivity index (χ1v) is 10.4. The summed E-state index contributed by atoms with van der Waals surface area (Å²) in [6.45, 7) is 6.02. The number of likely N-dealkylation sites (tertiary alicyclic amines) is 1. The summed E-state index contributed by atoms with van der Waals surface area (Å²) in [5, 5.41) is 3.22. The third-order valence-electron chi connectivity index (χ3n) is 6.27. The molecule has 4 heteroatoms. The van der Waals surface area contributed by atoms with Gasteiger partial charge in [-0.25, -0.2) is 4.79 Å². The molecule has 2 aromatic rings. The molecular formula is C24H30N2O2. The van der Waals surface area contributed by atoms with Crippen molar-refractivity contribution < 1.29 is 9.53 Å². The number of hydrogen-bond donors (Lipinski definition) is 1. The van der Waals surface area contributed by atoms with Crippen LogP contribution in [0, 0.1) is 12.8 Å². The molecule has 0 radical (unpaired) electrons. The normalized spacial score (nSPS) is 19.1. The molecule has 2 aromatic carbocycles. The molecule has 2 amide bonds. The highest BCUT2D eigenvalue weighted by atomic mass is 16.5. The van der Waals surface area contributed by atoms with Gasteiger partial charge in [-0.15, -0.1) is 0 Å². The molecule has 2 aliphatic rings. The van der Waals surface area contributed by atoms with Gasteiger partial charge in [-0.2, -0.15) is 0 Å². The van der Waals surface area contributed by atoms with Crippen LogP contribution in [0.4, 0.5) is 4.79 Å². The summed E-state index contributed by atoms with van der Waals surface area (Å²) in [4.78, 5) is 14.6. The van der Waals surface area contributed by atoms with Crippen molar-refractivity contribution in [3.05, 3.63) is 71.3 Å². The molecule has 2 fully saturated rings. The topological polar surface area (TPSA) is 41.6 Å². The third-order valence-corrected chi connectivity index (χ3v) is 6.27. The van der Waals surface area contributed by atoms with Crippen molar-refractivity contribution in [1.82, 2.24) is 10.2 Å². The van der Waals surface area contributed by atoms with E-state index in [9.17, 15) is 4.79 Å². The van der Waals surface area contributed by atoms with Crippen LogP contribution in [0.5, 0.6) is 0 Å². The number of aryl methyl sites for hydroxylation is 1. The second kappa shape index (κ2) is 8.36. The predicted molar refractivity (Wildman–Crippen MR) is 112 cm³/mol. The number of urea groups is 1. The van der Waals surface area contributed by atoms with E-state index >= 15 is 0 Å². The summed E-state index contributed by atoms with van der Waals surface area (Å²) in [5.41, 5.74) is 3.96. The Morgan fingerprint density at radius 3 is 2.57 bits per heavy atom. The Hall–Kier alpha value is -2.33. The number of hydrogen-bond acceptors (Lipinski definition) is 2.